The van der Waals surface area contributed by atoms with Gasteiger partial charge < -0.3 is 10.4 Å². The second kappa shape index (κ2) is 5.06. The van der Waals surface area contributed by atoms with E-state index in [1.165, 1.54) is 0 Å². The highest BCUT2D eigenvalue weighted by atomic mass is 32.1. The highest BCUT2D eigenvalue weighted by Crippen LogP contribution is 2.24. The maximum Gasteiger partial charge on any atom is 0.347 e. The van der Waals surface area contributed by atoms with Gasteiger partial charge in [0.05, 0.1) is 11.7 Å². The lowest BCUT2D eigenvalue weighted by atomic mass is 9.95. The van der Waals surface area contributed by atoms with E-state index in [0.29, 0.717) is 10.7 Å². The number of aryl methyl sites for hydroxylation is 1. The molecule has 100 valence electrons. The van der Waals surface area contributed by atoms with Gasteiger partial charge in [0.25, 0.3) is 0 Å². The molecule has 0 aliphatic rings. The van der Waals surface area contributed by atoms with Gasteiger partial charge in [0.2, 0.25) is 5.91 Å². The number of rotatable bonds is 3. The second-order valence-corrected chi connectivity index (χ2v) is 6.25. The molecule has 0 unspecified atom stereocenters. The summed E-state index contributed by atoms with van der Waals surface area (Å²) in [5, 5.41) is 12.4. The Morgan fingerprint density at radius 3 is 2.33 bits per heavy atom. The molecule has 1 amide bonds. The lowest BCUT2D eigenvalue weighted by Gasteiger charge is -2.20. The molecule has 0 saturated heterocycles. The van der Waals surface area contributed by atoms with Crippen molar-refractivity contribution in [3.05, 3.63) is 15.6 Å². The standard InChI is InChI=1S/C12H18N2O3S/c1-6-8(10(15)16)18-9(13-6)7(2)14-11(17)12(3,4)5/h7H,1-5H3,(H,14,17)(H,15,16)/t7-/m1/s1. The lowest BCUT2D eigenvalue weighted by Crippen LogP contribution is -2.36. The van der Waals surface area contributed by atoms with E-state index in [1.807, 2.05) is 20.8 Å². The number of nitrogens with zero attached hydrogens (tertiary/aromatic N) is 1. The Morgan fingerprint density at radius 1 is 1.39 bits per heavy atom. The van der Waals surface area contributed by atoms with Crippen LogP contribution in [-0.2, 0) is 4.79 Å². The summed E-state index contributed by atoms with van der Waals surface area (Å²) in [6.45, 7) is 8.93. The molecule has 0 aliphatic carbocycles. The maximum atomic E-state index is 11.8. The van der Waals surface area contributed by atoms with Crippen LogP contribution in [0.15, 0.2) is 0 Å². The van der Waals surface area contributed by atoms with Crippen molar-refractivity contribution in [1.29, 1.82) is 0 Å². The number of carboxylic acid groups (broad SMARTS) is 1. The number of carboxylic acids is 1. The fourth-order valence-electron chi connectivity index (χ4n) is 1.28. The van der Waals surface area contributed by atoms with E-state index in [0.717, 1.165) is 11.3 Å². The van der Waals surface area contributed by atoms with Crippen LogP contribution in [0, 0.1) is 12.3 Å². The van der Waals surface area contributed by atoms with Crippen molar-refractivity contribution in [3.8, 4) is 0 Å². The van der Waals surface area contributed by atoms with Crippen LogP contribution in [0.3, 0.4) is 0 Å². The van der Waals surface area contributed by atoms with Crippen LogP contribution in [-0.4, -0.2) is 22.0 Å². The molecule has 1 aromatic rings. The molecule has 6 heteroatoms. The smallest absolute Gasteiger partial charge is 0.347 e. The van der Waals surface area contributed by atoms with Crippen LogP contribution in [0.1, 0.15) is 54.1 Å². The Bertz CT molecular complexity index is 474. The van der Waals surface area contributed by atoms with Crippen molar-refractivity contribution >= 4 is 23.2 Å². The number of hydrogen-bond donors (Lipinski definition) is 2. The van der Waals surface area contributed by atoms with E-state index in [2.05, 4.69) is 10.3 Å². The summed E-state index contributed by atoms with van der Waals surface area (Å²) in [5.74, 6) is -1.06. The third-order valence-corrected chi connectivity index (χ3v) is 3.73. The molecule has 0 fully saturated rings. The van der Waals surface area contributed by atoms with Crippen molar-refractivity contribution in [2.45, 2.75) is 40.7 Å². The molecule has 0 aliphatic heterocycles. The van der Waals surface area contributed by atoms with Gasteiger partial charge in [-0.15, -0.1) is 11.3 Å². The number of aromatic carboxylic acids is 1. The third-order valence-electron chi connectivity index (χ3n) is 2.41. The minimum absolute atomic E-state index is 0.0836. The minimum atomic E-state index is -0.981. The van der Waals surface area contributed by atoms with Gasteiger partial charge in [0.15, 0.2) is 0 Å². The van der Waals surface area contributed by atoms with Crippen LogP contribution in [0.25, 0.3) is 0 Å². The fourth-order valence-corrected chi connectivity index (χ4v) is 2.18. The van der Waals surface area contributed by atoms with E-state index in [-0.39, 0.29) is 16.8 Å². The van der Waals surface area contributed by atoms with Crippen LogP contribution in [0.4, 0.5) is 0 Å². The minimum Gasteiger partial charge on any atom is -0.477 e. The predicted molar refractivity (Wildman–Crippen MR) is 69.8 cm³/mol. The Kier molecular flexibility index (Phi) is 4.11. The number of nitrogens with one attached hydrogen (secondary N) is 1. The van der Waals surface area contributed by atoms with E-state index in [9.17, 15) is 9.59 Å². The number of thiazole rings is 1. The molecule has 2 N–H and O–H groups in total. The Labute approximate surface area is 110 Å². The second-order valence-electron chi connectivity index (χ2n) is 5.22. The molecule has 1 rings (SSSR count). The molecule has 1 aromatic heterocycles. The van der Waals surface area contributed by atoms with Gasteiger partial charge in [-0.2, -0.15) is 0 Å². The molecule has 0 spiro atoms. The molecule has 1 heterocycles. The van der Waals surface area contributed by atoms with Gasteiger partial charge in [-0.1, -0.05) is 20.8 Å². The molecule has 0 radical (unpaired) electrons. The molecular weight excluding hydrogens is 252 g/mol. The van der Waals surface area contributed by atoms with Gasteiger partial charge in [-0.3, -0.25) is 4.79 Å². The topological polar surface area (TPSA) is 79.3 Å². The van der Waals surface area contributed by atoms with Gasteiger partial charge in [0, 0.05) is 5.41 Å². The van der Waals surface area contributed by atoms with Gasteiger partial charge >= 0.3 is 5.97 Å². The van der Waals surface area contributed by atoms with Crippen LogP contribution in [0.5, 0.6) is 0 Å². The summed E-state index contributed by atoms with van der Waals surface area (Å²) in [6, 6.07) is -0.284. The normalized spacial score (nSPS) is 13.2. The summed E-state index contributed by atoms with van der Waals surface area (Å²) in [4.78, 5) is 27.2. The summed E-state index contributed by atoms with van der Waals surface area (Å²) in [6.07, 6.45) is 0. The predicted octanol–water partition coefficient (Wildman–Crippen LogP) is 2.37. The zero-order chi connectivity index (χ0) is 14.1. The SMILES string of the molecule is Cc1nc([C@@H](C)NC(=O)C(C)(C)C)sc1C(=O)O. The molecule has 0 saturated carbocycles. The number of carbonyl (C=O) groups excluding carboxylic acids is 1. The molecule has 5 nitrogen and oxygen atoms in total. The summed E-state index contributed by atoms with van der Waals surface area (Å²) in [5.41, 5.74) is 0.00952. The molecule has 18 heavy (non-hydrogen) atoms. The van der Waals surface area contributed by atoms with Crippen molar-refractivity contribution in [1.82, 2.24) is 10.3 Å². The van der Waals surface area contributed by atoms with Gasteiger partial charge in [-0.25, -0.2) is 9.78 Å². The van der Waals surface area contributed by atoms with E-state index >= 15 is 0 Å². The molecule has 0 aromatic carbocycles. The number of hydrogen-bond acceptors (Lipinski definition) is 4. The van der Waals surface area contributed by atoms with Crippen molar-refractivity contribution < 1.29 is 14.7 Å². The molecule has 0 bridgehead atoms. The van der Waals surface area contributed by atoms with Crippen LogP contribution in [0.2, 0.25) is 0 Å². The maximum absolute atomic E-state index is 11.8. The van der Waals surface area contributed by atoms with E-state index < -0.39 is 11.4 Å². The fraction of sp³-hybridized carbons (Fsp3) is 0.583. The quantitative estimate of drug-likeness (QED) is 0.883. The first kappa shape index (κ1) is 14.6. The molecule has 1 atom stereocenters. The number of amides is 1. The summed E-state index contributed by atoms with van der Waals surface area (Å²) in [7, 11) is 0. The van der Waals surface area contributed by atoms with E-state index in [1.54, 1.807) is 13.8 Å². The third kappa shape index (κ3) is 3.29. The van der Waals surface area contributed by atoms with E-state index in [4.69, 9.17) is 5.11 Å². The first-order valence-corrected chi connectivity index (χ1v) is 6.46. The van der Waals surface area contributed by atoms with Crippen LogP contribution < -0.4 is 5.32 Å². The average Bonchev–Trinajstić information content (AvgIpc) is 2.58. The number of aromatic nitrogens is 1. The van der Waals surface area contributed by atoms with Gasteiger partial charge in [0.1, 0.15) is 9.88 Å². The van der Waals surface area contributed by atoms with Crippen LogP contribution >= 0.6 is 11.3 Å². The average molecular weight is 270 g/mol. The van der Waals surface area contributed by atoms with Crippen molar-refractivity contribution in [2.75, 3.05) is 0 Å². The van der Waals surface area contributed by atoms with Gasteiger partial charge in [-0.05, 0) is 13.8 Å². The molecular formula is C12H18N2O3S. The Morgan fingerprint density at radius 2 is 1.94 bits per heavy atom. The Hall–Kier alpha value is -1.43. The number of carbonyl (C=O) groups is 2. The van der Waals surface area contributed by atoms with Crippen molar-refractivity contribution in [3.63, 3.8) is 0 Å². The first-order chi connectivity index (χ1) is 8.12. The highest BCUT2D eigenvalue weighted by Gasteiger charge is 2.25. The monoisotopic (exact) mass is 270 g/mol. The lowest BCUT2D eigenvalue weighted by molar-refractivity contribution is -0.129. The summed E-state index contributed by atoms with van der Waals surface area (Å²) < 4.78 is 0. The highest BCUT2D eigenvalue weighted by molar-refractivity contribution is 7.13. The largest absolute Gasteiger partial charge is 0.477 e. The first-order valence-electron chi connectivity index (χ1n) is 5.64. The Balaban J connectivity index is 2.86. The zero-order valence-corrected chi connectivity index (χ0v) is 12.0. The summed E-state index contributed by atoms with van der Waals surface area (Å²) >= 11 is 1.10. The zero-order valence-electron chi connectivity index (χ0n) is 11.2. The van der Waals surface area contributed by atoms with Crippen molar-refractivity contribution in [2.24, 2.45) is 5.41 Å².